The Kier molecular flexibility index (Phi) is 3.77. The topological polar surface area (TPSA) is 124 Å². The number of hydrogen-bond acceptors (Lipinski definition) is 4. The van der Waals surface area contributed by atoms with Crippen molar-refractivity contribution in [3.63, 3.8) is 0 Å². The normalized spacial score (nSPS) is 20.8. The molecule has 2 aromatic rings. The van der Waals surface area contributed by atoms with Gasteiger partial charge in [0.15, 0.2) is 0 Å². The summed E-state index contributed by atoms with van der Waals surface area (Å²) in [5, 5.41) is 17.7. The monoisotopic (exact) mass is 378 g/mol. The Morgan fingerprint density at radius 1 is 1.07 bits per heavy atom. The molecule has 0 bridgehead atoms. The molecule has 7 heteroatoms. The summed E-state index contributed by atoms with van der Waals surface area (Å²) in [5.74, 6) is -1.09. The molecular formula is C20H15N2O4P. The van der Waals surface area contributed by atoms with Crippen molar-refractivity contribution in [3.05, 3.63) is 88.3 Å². The molecule has 0 aromatic heterocycles. The van der Waals surface area contributed by atoms with Crippen LogP contribution in [-0.2, 0) is 4.57 Å². The zero-order chi connectivity index (χ0) is 19.3. The highest BCUT2D eigenvalue weighted by molar-refractivity contribution is 7.71. The Bertz CT molecular complexity index is 1170. The van der Waals surface area contributed by atoms with E-state index in [-0.39, 0.29) is 21.9 Å². The van der Waals surface area contributed by atoms with Gasteiger partial charge < -0.3 is 21.1 Å². The second-order valence-corrected chi connectivity index (χ2v) is 8.43. The lowest BCUT2D eigenvalue weighted by molar-refractivity contribution is 0.0696. The molecule has 2 aliphatic rings. The van der Waals surface area contributed by atoms with Gasteiger partial charge in [0.1, 0.15) is 0 Å². The van der Waals surface area contributed by atoms with Crippen molar-refractivity contribution >= 4 is 35.6 Å². The van der Waals surface area contributed by atoms with Crippen LogP contribution in [0.25, 0.3) is 5.57 Å². The second kappa shape index (κ2) is 5.91. The molecule has 1 aliphatic heterocycles. The van der Waals surface area contributed by atoms with Crippen LogP contribution in [0, 0.1) is 5.41 Å². The minimum absolute atomic E-state index is 0.0887. The van der Waals surface area contributed by atoms with Gasteiger partial charge in [0.2, 0.25) is 0 Å². The Morgan fingerprint density at radius 3 is 2.56 bits per heavy atom. The number of nitrogens with one attached hydrogen (secondary N) is 1. The molecule has 0 spiro atoms. The van der Waals surface area contributed by atoms with Crippen LogP contribution in [-0.4, -0.2) is 21.7 Å². The molecule has 0 amide bonds. The van der Waals surface area contributed by atoms with Gasteiger partial charge in [-0.05, 0) is 52.6 Å². The summed E-state index contributed by atoms with van der Waals surface area (Å²) in [4.78, 5) is 22.6. The second-order valence-electron chi connectivity index (χ2n) is 6.31. The number of nitrogen functional groups attached to an aromatic ring is 1. The minimum atomic E-state index is -3.99. The zero-order valence-corrected chi connectivity index (χ0v) is 14.9. The molecule has 2 aromatic carbocycles. The number of hydrogen-bond donors (Lipinski definition) is 4. The molecule has 27 heavy (non-hydrogen) atoms. The Morgan fingerprint density at radius 2 is 1.81 bits per heavy atom. The van der Waals surface area contributed by atoms with Gasteiger partial charge in [0.25, 0.3) is 7.37 Å². The Balaban J connectivity index is 2.17. The van der Waals surface area contributed by atoms with E-state index in [1.54, 1.807) is 36.4 Å². The van der Waals surface area contributed by atoms with Crippen LogP contribution in [0.3, 0.4) is 0 Å². The number of fused-ring (bicyclic) bond motifs is 2. The summed E-state index contributed by atoms with van der Waals surface area (Å²) in [6, 6.07) is 11.2. The molecule has 1 unspecified atom stereocenters. The summed E-state index contributed by atoms with van der Waals surface area (Å²) in [6.45, 7) is 0. The first kappa shape index (κ1) is 17.2. The third kappa shape index (κ3) is 2.58. The quantitative estimate of drug-likeness (QED) is 0.472. The summed E-state index contributed by atoms with van der Waals surface area (Å²) in [5.41, 5.74) is 8.26. The van der Waals surface area contributed by atoms with Crippen LogP contribution in [0.2, 0.25) is 0 Å². The molecule has 1 atom stereocenters. The van der Waals surface area contributed by atoms with Crippen LogP contribution < -0.4 is 11.0 Å². The molecule has 0 saturated carbocycles. The molecule has 134 valence electrons. The number of carboxylic acids is 1. The molecule has 5 N–H and O–H groups in total. The highest BCUT2D eigenvalue weighted by Gasteiger charge is 2.40. The van der Waals surface area contributed by atoms with Gasteiger partial charge in [-0.15, -0.1) is 0 Å². The number of benzene rings is 2. The largest absolute Gasteiger partial charge is 0.478 e. The molecule has 4 rings (SSSR count). The van der Waals surface area contributed by atoms with Crippen molar-refractivity contribution in [3.8, 4) is 0 Å². The summed E-state index contributed by atoms with van der Waals surface area (Å²) >= 11 is 0. The van der Waals surface area contributed by atoms with Crippen LogP contribution in [0.15, 0.2) is 71.6 Å². The fourth-order valence-electron chi connectivity index (χ4n) is 3.46. The molecule has 6 nitrogen and oxygen atoms in total. The lowest BCUT2D eigenvalue weighted by Crippen LogP contribution is -2.22. The molecule has 0 radical (unpaired) electrons. The molecule has 1 aliphatic carbocycles. The van der Waals surface area contributed by atoms with E-state index in [1.165, 1.54) is 24.3 Å². The molecule has 0 fully saturated rings. The maximum Gasteiger partial charge on any atom is 0.336 e. The summed E-state index contributed by atoms with van der Waals surface area (Å²) in [6.07, 6.45) is 4.46. The van der Waals surface area contributed by atoms with E-state index >= 15 is 0 Å². The van der Waals surface area contributed by atoms with Gasteiger partial charge in [0, 0.05) is 5.69 Å². The highest BCUT2D eigenvalue weighted by atomic mass is 31.2. The van der Waals surface area contributed by atoms with Gasteiger partial charge in [0.05, 0.1) is 21.9 Å². The number of nitrogens with two attached hydrogens (primary N) is 1. The van der Waals surface area contributed by atoms with Crippen molar-refractivity contribution in [2.75, 3.05) is 5.73 Å². The van der Waals surface area contributed by atoms with Crippen LogP contribution in [0.5, 0.6) is 0 Å². The van der Waals surface area contributed by atoms with E-state index in [1.807, 2.05) is 0 Å². The third-order valence-corrected chi connectivity index (χ3v) is 6.68. The van der Waals surface area contributed by atoms with Gasteiger partial charge in [-0.3, -0.25) is 4.57 Å². The number of anilines is 1. The van der Waals surface area contributed by atoms with Crippen molar-refractivity contribution in [2.24, 2.45) is 0 Å². The lowest BCUT2D eigenvalue weighted by Gasteiger charge is -2.30. The average molecular weight is 378 g/mol. The summed E-state index contributed by atoms with van der Waals surface area (Å²) < 4.78 is 13.3. The maximum atomic E-state index is 13.3. The fraction of sp³-hybridized carbons (Fsp3) is 0. The number of carboxylic acid groups (broad SMARTS) is 1. The number of rotatable bonds is 2. The highest BCUT2D eigenvalue weighted by Crippen LogP contribution is 2.59. The first-order valence-corrected chi connectivity index (χ1v) is 9.76. The van der Waals surface area contributed by atoms with Crippen molar-refractivity contribution < 1.29 is 19.4 Å². The number of allylic oxidation sites excluding steroid dienone is 5. The van der Waals surface area contributed by atoms with E-state index in [2.05, 4.69) is 0 Å². The van der Waals surface area contributed by atoms with Crippen molar-refractivity contribution in [1.29, 1.82) is 5.41 Å². The lowest BCUT2D eigenvalue weighted by atomic mass is 9.87. The van der Waals surface area contributed by atoms with E-state index in [0.29, 0.717) is 28.0 Å². The average Bonchev–Trinajstić information content (AvgIpc) is 2.63. The Labute approximate surface area is 154 Å². The molecule has 1 heterocycles. The zero-order valence-electron chi connectivity index (χ0n) is 14.0. The first-order chi connectivity index (χ1) is 12.8. The van der Waals surface area contributed by atoms with Crippen LogP contribution in [0.1, 0.15) is 21.5 Å². The molecule has 0 saturated heterocycles. The predicted octanol–water partition coefficient (Wildman–Crippen LogP) is 3.15. The van der Waals surface area contributed by atoms with E-state index in [0.717, 1.165) is 0 Å². The molecular weight excluding hydrogens is 363 g/mol. The van der Waals surface area contributed by atoms with Crippen LogP contribution >= 0.6 is 7.37 Å². The van der Waals surface area contributed by atoms with E-state index < -0.39 is 13.3 Å². The van der Waals surface area contributed by atoms with E-state index in [9.17, 15) is 19.4 Å². The van der Waals surface area contributed by atoms with Gasteiger partial charge >= 0.3 is 5.97 Å². The van der Waals surface area contributed by atoms with Crippen LogP contribution in [0.4, 0.5) is 5.69 Å². The fourth-order valence-corrected chi connectivity index (χ4v) is 5.38. The van der Waals surface area contributed by atoms with E-state index in [4.69, 9.17) is 11.1 Å². The van der Waals surface area contributed by atoms with Gasteiger partial charge in [-0.2, -0.15) is 0 Å². The smallest absolute Gasteiger partial charge is 0.336 e. The predicted molar refractivity (Wildman–Crippen MR) is 105 cm³/mol. The van der Waals surface area contributed by atoms with Gasteiger partial charge in [-0.1, -0.05) is 30.3 Å². The number of carbonyl (C=O) groups is 1. The summed E-state index contributed by atoms with van der Waals surface area (Å²) in [7, 11) is -3.99. The van der Waals surface area contributed by atoms with Crippen molar-refractivity contribution in [1.82, 2.24) is 0 Å². The number of aromatic carboxylic acids is 1. The SMILES string of the molecule is N=C1C=CC2=C(c3ccccc3C(=O)O)c3ccc(N)cc3P(=O)(O)C2=C1. The first-order valence-electron chi connectivity index (χ1n) is 8.10. The Hall–Kier alpha value is -3.21. The standard InChI is InChI=1S/C20H15N2O4P/c21-11-5-7-15-17(9-11)27(25,26)18-10-12(22)6-8-16(18)19(15)13-3-1-2-4-14(13)20(23)24/h1-10,21H,22H2,(H,23,24)(H,25,26). The van der Waals surface area contributed by atoms with Crippen molar-refractivity contribution in [2.45, 2.75) is 0 Å². The minimum Gasteiger partial charge on any atom is -0.478 e. The maximum absolute atomic E-state index is 13.3. The third-order valence-electron chi connectivity index (χ3n) is 4.64. The van der Waals surface area contributed by atoms with Gasteiger partial charge in [-0.25, -0.2) is 4.79 Å².